The molecule has 1 amide bonds. The highest BCUT2D eigenvalue weighted by Crippen LogP contribution is 2.23. The molecule has 0 radical (unpaired) electrons. The van der Waals surface area contributed by atoms with Crippen LogP contribution >= 0.6 is 0 Å². The lowest BCUT2D eigenvalue weighted by molar-refractivity contribution is -0.302. The van der Waals surface area contributed by atoms with Gasteiger partial charge in [0.25, 0.3) is 0 Å². The van der Waals surface area contributed by atoms with Crippen LogP contribution < -0.4 is 5.32 Å². The molecular formula is C66H119NO8. The minimum Gasteiger partial charge on any atom is -0.394 e. The summed E-state index contributed by atoms with van der Waals surface area (Å²) in [6, 6.07) is -0.832. The van der Waals surface area contributed by atoms with E-state index in [2.05, 4.69) is 79.9 Å². The van der Waals surface area contributed by atoms with Crippen molar-refractivity contribution in [2.75, 3.05) is 13.2 Å². The molecule has 1 fully saturated rings. The van der Waals surface area contributed by atoms with Gasteiger partial charge in [0.2, 0.25) is 5.91 Å². The van der Waals surface area contributed by atoms with Crippen LogP contribution in [0, 0.1) is 0 Å². The van der Waals surface area contributed by atoms with Crippen LogP contribution in [-0.2, 0) is 14.3 Å². The van der Waals surface area contributed by atoms with Gasteiger partial charge in [-0.3, -0.25) is 4.79 Å². The van der Waals surface area contributed by atoms with Crippen LogP contribution in [0.15, 0.2) is 72.9 Å². The Labute approximate surface area is 461 Å². The Morgan fingerprint density at radius 3 is 1.21 bits per heavy atom. The molecule has 436 valence electrons. The van der Waals surface area contributed by atoms with Crippen molar-refractivity contribution >= 4 is 5.91 Å². The van der Waals surface area contributed by atoms with Crippen LogP contribution in [0.5, 0.6) is 0 Å². The van der Waals surface area contributed by atoms with Crippen LogP contribution in [0.3, 0.4) is 0 Å². The van der Waals surface area contributed by atoms with Gasteiger partial charge in [-0.05, 0) is 83.5 Å². The van der Waals surface area contributed by atoms with Crippen LogP contribution in [0.4, 0.5) is 0 Å². The number of hydrogen-bond donors (Lipinski definition) is 6. The van der Waals surface area contributed by atoms with E-state index in [1.54, 1.807) is 6.08 Å². The first-order chi connectivity index (χ1) is 36.8. The van der Waals surface area contributed by atoms with E-state index < -0.39 is 49.5 Å². The van der Waals surface area contributed by atoms with Gasteiger partial charge in [0.15, 0.2) is 6.29 Å². The van der Waals surface area contributed by atoms with Crippen molar-refractivity contribution in [3.05, 3.63) is 72.9 Å². The van der Waals surface area contributed by atoms with Crippen molar-refractivity contribution in [3.63, 3.8) is 0 Å². The first kappa shape index (κ1) is 70.6. The number of allylic oxidation sites excluding steroid dienone is 11. The fourth-order valence-corrected chi connectivity index (χ4v) is 9.73. The van der Waals surface area contributed by atoms with Crippen molar-refractivity contribution in [2.45, 2.75) is 326 Å². The highest BCUT2D eigenvalue weighted by molar-refractivity contribution is 5.76. The molecule has 1 rings (SSSR count). The minimum atomic E-state index is -1.58. The van der Waals surface area contributed by atoms with E-state index in [1.165, 1.54) is 205 Å². The number of carbonyl (C=O) groups excluding carboxylic acids is 1. The smallest absolute Gasteiger partial charge is 0.220 e. The molecule has 1 saturated heterocycles. The molecule has 1 aliphatic heterocycles. The van der Waals surface area contributed by atoms with Gasteiger partial charge in [0.1, 0.15) is 24.4 Å². The van der Waals surface area contributed by atoms with Gasteiger partial charge >= 0.3 is 0 Å². The normalized spacial score (nSPS) is 19.4. The van der Waals surface area contributed by atoms with Crippen molar-refractivity contribution < 1.29 is 39.8 Å². The molecule has 75 heavy (non-hydrogen) atoms. The summed E-state index contributed by atoms with van der Waals surface area (Å²) in [5.74, 6) is -0.190. The van der Waals surface area contributed by atoms with E-state index in [1.807, 2.05) is 6.08 Å². The molecule has 0 aromatic carbocycles. The standard InChI is InChI=1S/C66H119NO8/c1-3-5-7-9-11-13-15-17-19-21-23-25-26-27-28-29-30-31-32-33-34-36-38-40-42-44-46-48-50-52-54-56-62(70)67-59(58-74-66-65(73)64(72)63(71)61(57-68)75-66)60(69)55-53-51-49-47-45-43-41-39-37-35-24-22-20-18-16-14-12-10-8-6-4-2/h15,17,21,23,26-27,37,39,45,47,53,55,59-61,63-66,68-69,71-73H,3-14,16,18-20,22,24-25,28-36,38,40-44,46,48-52,54,56-58H2,1-2H3,(H,67,70)/b17-15-,23-21-,27-26-,39-37+,47-45+,55-53+. The van der Waals surface area contributed by atoms with Crippen molar-refractivity contribution in [1.29, 1.82) is 0 Å². The molecule has 0 saturated carbocycles. The quantitative estimate of drug-likeness (QED) is 0.0261. The predicted molar refractivity (Wildman–Crippen MR) is 318 cm³/mol. The summed E-state index contributed by atoms with van der Waals surface area (Å²) in [6.07, 6.45) is 69.8. The topological polar surface area (TPSA) is 149 Å². The largest absolute Gasteiger partial charge is 0.394 e. The molecule has 0 aromatic heterocycles. The van der Waals surface area contributed by atoms with E-state index in [-0.39, 0.29) is 12.5 Å². The van der Waals surface area contributed by atoms with Gasteiger partial charge < -0.3 is 40.3 Å². The monoisotopic (exact) mass is 1050 g/mol. The summed E-state index contributed by atoms with van der Waals surface area (Å²) in [6.45, 7) is 3.77. The van der Waals surface area contributed by atoms with Crippen LogP contribution in [0.2, 0.25) is 0 Å². The van der Waals surface area contributed by atoms with Crippen LogP contribution in [0.1, 0.15) is 284 Å². The molecule has 0 bridgehead atoms. The number of unbranched alkanes of at least 4 members (excludes halogenated alkanes) is 34. The Hall–Kier alpha value is -2.37. The Bertz CT molecular complexity index is 1410. The van der Waals surface area contributed by atoms with Gasteiger partial charge in [-0.1, -0.05) is 267 Å². The van der Waals surface area contributed by atoms with E-state index in [0.717, 1.165) is 57.8 Å². The first-order valence-electron chi connectivity index (χ1n) is 31.7. The molecule has 9 heteroatoms. The average Bonchev–Trinajstić information content (AvgIpc) is 3.41. The van der Waals surface area contributed by atoms with Gasteiger partial charge in [-0.15, -0.1) is 0 Å². The molecular weight excluding hydrogens is 935 g/mol. The number of ether oxygens (including phenoxy) is 2. The third-order valence-electron chi connectivity index (χ3n) is 14.7. The van der Waals surface area contributed by atoms with Crippen LogP contribution in [0.25, 0.3) is 0 Å². The number of aliphatic hydroxyl groups excluding tert-OH is 5. The average molecular weight is 1050 g/mol. The zero-order valence-corrected chi connectivity index (χ0v) is 48.5. The summed E-state index contributed by atoms with van der Waals surface area (Å²) in [5.41, 5.74) is 0. The lowest BCUT2D eigenvalue weighted by Crippen LogP contribution is -2.60. The molecule has 0 spiro atoms. The van der Waals surface area contributed by atoms with E-state index in [0.29, 0.717) is 6.42 Å². The lowest BCUT2D eigenvalue weighted by Gasteiger charge is -2.40. The van der Waals surface area contributed by atoms with Crippen molar-refractivity contribution in [2.24, 2.45) is 0 Å². The maximum atomic E-state index is 13.1. The third kappa shape index (κ3) is 44.2. The van der Waals surface area contributed by atoms with Crippen molar-refractivity contribution in [1.82, 2.24) is 5.32 Å². The zero-order chi connectivity index (χ0) is 54.3. The number of rotatable bonds is 54. The molecule has 1 heterocycles. The summed E-state index contributed by atoms with van der Waals surface area (Å²) < 4.78 is 11.3. The second kappa shape index (κ2) is 55.0. The number of carbonyl (C=O) groups is 1. The Balaban J connectivity index is 2.19. The first-order valence-corrected chi connectivity index (χ1v) is 31.7. The molecule has 7 atom stereocenters. The molecule has 1 aliphatic rings. The van der Waals surface area contributed by atoms with Crippen molar-refractivity contribution in [3.8, 4) is 0 Å². The summed E-state index contributed by atoms with van der Waals surface area (Å²) >= 11 is 0. The lowest BCUT2D eigenvalue weighted by atomic mass is 9.99. The molecule has 0 aromatic rings. The number of nitrogens with one attached hydrogen (secondary N) is 1. The number of hydrogen-bond acceptors (Lipinski definition) is 8. The summed E-state index contributed by atoms with van der Waals surface area (Å²) in [5, 5.41) is 54.6. The molecule has 6 N–H and O–H groups in total. The molecule has 0 aliphatic carbocycles. The van der Waals surface area contributed by atoms with Crippen LogP contribution in [-0.4, -0.2) is 87.5 Å². The van der Waals surface area contributed by atoms with Gasteiger partial charge in [-0.2, -0.15) is 0 Å². The Morgan fingerprint density at radius 2 is 0.800 bits per heavy atom. The van der Waals surface area contributed by atoms with Gasteiger partial charge in [-0.25, -0.2) is 0 Å². The second-order valence-electron chi connectivity index (χ2n) is 21.8. The maximum Gasteiger partial charge on any atom is 0.220 e. The SMILES string of the molecule is CCCCCCC/C=C\C/C=C\C/C=C\CCCCCCCCCCCCCCCCCCC(=O)NC(COC1OC(CO)C(O)C(O)C1O)C(O)/C=C/CC/C=C/CC/C=C/CCCCCCCCCCCCC. The maximum absolute atomic E-state index is 13.1. The van der Waals surface area contributed by atoms with Gasteiger partial charge in [0, 0.05) is 6.42 Å². The molecule has 9 nitrogen and oxygen atoms in total. The minimum absolute atomic E-state index is 0.190. The highest BCUT2D eigenvalue weighted by Gasteiger charge is 2.44. The predicted octanol–water partition coefficient (Wildman–Crippen LogP) is 16.4. The van der Waals surface area contributed by atoms with E-state index >= 15 is 0 Å². The molecule has 7 unspecified atom stereocenters. The summed E-state index contributed by atoms with van der Waals surface area (Å²) in [7, 11) is 0. The third-order valence-corrected chi connectivity index (χ3v) is 14.7. The van der Waals surface area contributed by atoms with E-state index in [4.69, 9.17) is 9.47 Å². The fourth-order valence-electron chi connectivity index (χ4n) is 9.73. The highest BCUT2D eigenvalue weighted by atomic mass is 16.7. The Morgan fingerprint density at radius 1 is 0.453 bits per heavy atom. The summed E-state index contributed by atoms with van der Waals surface area (Å²) in [4.78, 5) is 13.1. The zero-order valence-electron chi connectivity index (χ0n) is 48.5. The van der Waals surface area contributed by atoms with E-state index in [9.17, 15) is 30.3 Å². The number of aliphatic hydroxyl groups is 5. The fraction of sp³-hybridized carbons (Fsp3) is 0.803. The second-order valence-corrected chi connectivity index (χ2v) is 21.8. The van der Waals surface area contributed by atoms with Gasteiger partial charge in [0.05, 0.1) is 25.4 Å². The number of amides is 1. The Kier molecular flexibility index (Phi) is 51.8.